The van der Waals surface area contributed by atoms with Crippen molar-refractivity contribution in [2.75, 3.05) is 45.2 Å². The molecule has 1 saturated carbocycles. The van der Waals surface area contributed by atoms with E-state index in [0.717, 1.165) is 72.3 Å². The summed E-state index contributed by atoms with van der Waals surface area (Å²) in [6, 6.07) is 17.3. The molecule has 184 valence electrons. The molecule has 1 saturated heterocycles. The highest BCUT2D eigenvalue weighted by Gasteiger charge is 2.30. The number of aromatic amines is 1. The van der Waals surface area contributed by atoms with Crippen molar-refractivity contribution in [2.24, 2.45) is 0 Å². The van der Waals surface area contributed by atoms with Crippen LogP contribution < -0.4 is 4.90 Å². The summed E-state index contributed by atoms with van der Waals surface area (Å²) in [5.41, 5.74) is 8.68. The smallest absolute Gasteiger partial charge is 0.253 e. The lowest BCUT2D eigenvalue weighted by Gasteiger charge is -2.35. The molecular formula is C30H33N5O. The fourth-order valence-corrected chi connectivity index (χ4v) is 5.26. The zero-order valence-corrected chi connectivity index (χ0v) is 21.3. The predicted octanol–water partition coefficient (Wildman–Crippen LogP) is 5.19. The fraction of sp³-hybridized carbons (Fsp3) is 0.333. The van der Waals surface area contributed by atoms with Crippen LogP contribution in [-0.4, -0.2) is 72.0 Å². The molecule has 0 bridgehead atoms. The van der Waals surface area contributed by atoms with Gasteiger partial charge in [0.1, 0.15) is 5.65 Å². The lowest BCUT2D eigenvalue weighted by molar-refractivity contribution is 0.0785. The van der Waals surface area contributed by atoms with Gasteiger partial charge in [-0.05, 0) is 73.8 Å². The van der Waals surface area contributed by atoms with Gasteiger partial charge in [-0.3, -0.25) is 4.79 Å². The monoisotopic (exact) mass is 479 g/mol. The topological polar surface area (TPSA) is 55.5 Å². The second-order valence-electron chi connectivity index (χ2n) is 10.3. The highest BCUT2D eigenvalue weighted by atomic mass is 16.2. The van der Waals surface area contributed by atoms with Gasteiger partial charge in [-0.15, -0.1) is 0 Å². The molecule has 6 heteroatoms. The van der Waals surface area contributed by atoms with Crippen LogP contribution in [-0.2, 0) is 0 Å². The fourth-order valence-electron chi connectivity index (χ4n) is 5.26. The predicted molar refractivity (Wildman–Crippen MR) is 147 cm³/mol. The van der Waals surface area contributed by atoms with Crippen LogP contribution in [0.5, 0.6) is 0 Å². The van der Waals surface area contributed by atoms with Gasteiger partial charge in [-0.25, -0.2) is 4.98 Å². The summed E-state index contributed by atoms with van der Waals surface area (Å²) in [5.74, 6) is 0.0994. The number of carbonyl (C=O) groups is 1. The number of hydrogen-bond acceptors (Lipinski definition) is 4. The summed E-state index contributed by atoms with van der Waals surface area (Å²) in [5, 5.41) is 1.09. The number of amides is 1. The van der Waals surface area contributed by atoms with E-state index in [1.165, 1.54) is 16.8 Å². The Morgan fingerprint density at radius 1 is 0.972 bits per heavy atom. The van der Waals surface area contributed by atoms with Crippen molar-refractivity contribution in [1.82, 2.24) is 19.8 Å². The van der Waals surface area contributed by atoms with E-state index in [1.807, 2.05) is 48.6 Å². The normalized spacial score (nSPS) is 16.5. The molecular weight excluding hydrogens is 446 g/mol. The Morgan fingerprint density at radius 2 is 1.69 bits per heavy atom. The summed E-state index contributed by atoms with van der Waals surface area (Å²) in [6.45, 7) is 6.54. The molecule has 0 radical (unpaired) electrons. The molecule has 2 aromatic heterocycles. The van der Waals surface area contributed by atoms with E-state index < -0.39 is 0 Å². The van der Waals surface area contributed by atoms with E-state index in [9.17, 15) is 4.79 Å². The van der Waals surface area contributed by atoms with E-state index in [1.54, 1.807) is 0 Å². The summed E-state index contributed by atoms with van der Waals surface area (Å²) in [7, 11) is 4.09. The minimum atomic E-state index is 0.0994. The van der Waals surface area contributed by atoms with Crippen LogP contribution in [0.4, 0.5) is 5.69 Å². The van der Waals surface area contributed by atoms with Crippen molar-refractivity contribution < 1.29 is 4.79 Å². The first-order valence-electron chi connectivity index (χ1n) is 12.9. The molecule has 6 rings (SSSR count). The van der Waals surface area contributed by atoms with Crippen LogP contribution in [0.1, 0.15) is 28.8 Å². The number of hydrogen-bond donors (Lipinski definition) is 1. The zero-order chi connectivity index (χ0) is 24.8. The van der Waals surface area contributed by atoms with Gasteiger partial charge in [0.05, 0.1) is 0 Å². The lowest BCUT2D eigenvalue weighted by Crippen LogP contribution is -2.44. The quantitative estimate of drug-likeness (QED) is 0.428. The first kappa shape index (κ1) is 22.8. The molecule has 1 aliphatic heterocycles. The number of piperazine rings is 1. The Labute approximate surface area is 212 Å². The molecule has 6 nitrogen and oxygen atoms in total. The first-order chi connectivity index (χ1) is 17.5. The standard InChI is InChI=1S/C30H33N5O/c1-20-16-23(8-11-28(20)35-14-12-33(2)13-15-35)24-17-26-27(19-32-29(26)31-18-24)21-4-6-22(7-5-21)30(36)34(3)25-9-10-25/h4-8,11,16-19,25H,9-10,12-15H2,1-3H3,(H,31,32). The molecule has 0 atom stereocenters. The highest BCUT2D eigenvalue weighted by Crippen LogP contribution is 2.33. The molecule has 0 spiro atoms. The average Bonchev–Trinajstić information content (AvgIpc) is 3.67. The highest BCUT2D eigenvalue weighted by molar-refractivity contribution is 5.98. The van der Waals surface area contributed by atoms with Gasteiger partial charge in [0.15, 0.2) is 0 Å². The molecule has 2 aromatic carbocycles. The Balaban J connectivity index is 1.27. The van der Waals surface area contributed by atoms with E-state index >= 15 is 0 Å². The Hall–Kier alpha value is -3.64. The van der Waals surface area contributed by atoms with Crippen LogP contribution in [0.15, 0.2) is 60.9 Å². The third kappa shape index (κ3) is 4.26. The maximum absolute atomic E-state index is 12.7. The van der Waals surface area contributed by atoms with Crippen molar-refractivity contribution in [3.8, 4) is 22.3 Å². The lowest BCUT2D eigenvalue weighted by atomic mass is 9.99. The van der Waals surface area contributed by atoms with E-state index in [4.69, 9.17) is 4.98 Å². The number of carbonyl (C=O) groups excluding carboxylic acids is 1. The van der Waals surface area contributed by atoms with Crippen molar-refractivity contribution >= 4 is 22.6 Å². The van der Waals surface area contributed by atoms with Crippen molar-refractivity contribution in [3.05, 3.63) is 72.1 Å². The van der Waals surface area contributed by atoms with Crippen LogP contribution in [0, 0.1) is 6.92 Å². The molecule has 36 heavy (non-hydrogen) atoms. The average molecular weight is 480 g/mol. The van der Waals surface area contributed by atoms with Gasteiger partial charge in [-0.1, -0.05) is 18.2 Å². The van der Waals surface area contributed by atoms with Gasteiger partial charge in [0, 0.05) is 79.4 Å². The molecule has 1 aliphatic carbocycles. The maximum atomic E-state index is 12.7. The van der Waals surface area contributed by atoms with Gasteiger partial charge in [-0.2, -0.15) is 0 Å². The molecule has 2 fully saturated rings. The summed E-state index contributed by atoms with van der Waals surface area (Å²) >= 11 is 0. The van der Waals surface area contributed by atoms with Crippen LogP contribution in [0.3, 0.4) is 0 Å². The number of nitrogens with one attached hydrogen (secondary N) is 1. The van der Waals surface area contributed by atoms with Crippen molar-refractivity contribution in [2.45, 2.75) is 25.8 Å². The molecule has 3 heterocycles. The number of H-pyrrole nitrogens is 1. The number of nitrogens with zero attached hydrogens (tertiary/aromatic N) is 4. The second kappa shape index (κ2) is 9.10. The van der Waals surface area contributed by atoms with Crippen LogP contribution in [0.25, 0.3) is 33.3 Å². The molecule has 2 aliphatic rings. The number of aryl methyl sites for hydroxylation is 1. The number of aromatic nitrogens is 2. The second-order valence-corrected chi connectivity index (χ2v) is 10.3. The largest absolute Gasteiger partial charge is 0.369 e. The van der Waals surface area contributed by atoms with Gasteiger partial charge >= 0.3 is 0 Å². The number of fused-ring (bicyclic) bond motifs is 1. The number of pyridine rings is 1. The zero-order valence-electron chi connectivity index (χ0n) is 21.3. The molecule has 1 N–H and O–H groups in total. The van der Waals surface area contributed by atoms with Crippen molar-refractivity contribution in [3.63, 3.8) is 0 Å². The van der Waals surface area contributed by atoms with Crippen LogP contribution >= 0.6 is 0 Å². The third-order valence-corrected chi connectivity index (χ3v) is 7.76. The Morgan fingerprint density at radius 3 is 2.39 bits per heavy atom. The SMILES string of the molecule is Cc1cc(-c2cnc3[nH]cc(-c4ccc(C(=O)N(C)C5CC5)cc4)c3c2)ccc1N1CCN(C)CC1. The Kier molecular flexibility index (Phi) is 5.76. The van der Waals surface area contributed by atoms with Gasteiger partial charge < -0.3 is 19.7 Å². The van der Waals surface area contributed by atoms with Crippen LogP contribution in [0.2, 0.25) is 0 Å². The van der Waals surface area contributed by atoms with Gasteiger partial charge in [0.2, 0.25) is 0 Å². The van der Waals surface area contributed by atoms with E-state index in [0.29, 0.717) is 6.04 Å². The first-order valence-corrected chi connectivity index (χ1v) is 12.9. The summed E-state index contributed by atoms with van der Waals surface area (Å²) < 4.78 is 0. The van der Waals surface area contributed by atoms with Gasteiger partial charge in [0.25, 0.3) is 5.91 Å². The maximum Gasteiger partial charge on any atom is 0.253 e. The molecule has 1 amide bonds. The third-order valence-electron chi connectivity index (χ3n) is 7.76. The number of likely N-dealkylation sites (N-methyl/N-ethyl adjacent to an activating group) is 1. The molecule has 0 unspecified atom stereocenters. The Bertz CT molecular complexity index is 1410. The van der Waals surface area contributed by atoms with Crippen molar-refractivity contribution in [1.29, 1.82) is 0 Å². The molecule has 4 aromatic rings. The van der Waals surface area contributed by atoms with E-state index in [-0.39, 0.29) is 5.91 Å². The minimum absolute atomic E-state index is 0.0994. The minimum Gasteiger partial charge on any atom is -0.369 e. The summed E-state index contributed by atoms with van der Waals surface area (Å²) in [4.78, 5) is 27.5. The number of benzene rings is 2. The number of rotatable bonds is 5. The summed E-state index contributed by atoms with van der Waals surface area (Å²) in [6.07, 6.45) is 6.19. The van der Waals surface area contributed by atoms with E-state index in [2.05, 4.69) is 53.0 Å². The number of anilines is 1.